The average Bonchev–Trinajstić information content (AvgIpc) is 2.66. The van der Waals surface area contributed by atoms with Crippen LogP contribution in [-0.4, -0.2) is 9.97 Å². The molecule has 0 aliphatic rings. The summed E-state index contributed by atoms with van der Waals surface area (Å²) in [4.78, 5) is 11.4. The van der Waals surface area contributed by atoms with Gasteiger partial charge in [0.1, 0.15) is 0 Å². The minimum atomic E-state index is 0.937. The molecule has 4 heteroatoms. The summed E-state index contributed by atoms with van der Waals surface area (Å²) in [6.07, 6.45) is 4.14. The number of aromatic nitrogens is 2. The molecule has 0 bridgehead atoms. The van der Waals surface area contributed by atoms with E-state index >= 15 is 0 Å². The van der Waals surface area contributed by atoms with E-state index in [1.165, 1.54) is 0 Å². The largest absolute Gasteiger partial charge is 0.252 e. The minimum Gasteiger partial charge on any atom is -0.252 e. The van der Waals surface area contributed by atoms with Crippen molar-refractivity contribution in [1.29, 1.82) is 0 Å². The van der Waals surface area contributed by atoms with Gasteiger partial charge < -0.3 is 0 Å². The highest BCUT2D eigenvalue weighted by molar-refractivity contribution is 7.80. The average molecular weight is 377 g/mol. The van der Waals surface area contributed by atoms with Crippen molar-refractivity contribution in [2.45, 2.75) is 35.5 Å². The fourth-order valence-electron chi connectivity index (χ4n) is 3.23. The van der Waals surface area contributed by atoms with Gasteiger partial charge in [0.05, 0.1) is 11.0 Å². The number of unbranched alkanes of at least 4 members (excludes halogenated alkanes) is 1. The SMILES string of the molecule is Sc1cccc2ccc(CCCCc3ccc4cccc(S)c4n3)nc12. The number of rotatable bonds is 5. The zero-order valence-corrected chi connectivity index (χ0v) is 16.2. The van der Waals surface area contributed by atoms with Crippen LogP contribution in [0.25, 0.3) is 21.8 Å². The van der Waals surface area contributed by atoms with Crippen molar-refractivity contribution in [3.05, 3.63) is 72.1 Å². The molecule has 130 valence electrons. The predicted molar refractivity (Wildman–Crippen MR) is 115 cm³/mol. The highest BCUT2D eigenvalue weighted by Gasteiger charge is 2.04. The number of fused-ring (bicyclic) bond motifs is 2. The zero-order valence-electron chi connectivity index (χ0n) is 14.4. The van der Waals surface area contributed by atoms with E-state index in [4.69, 9.17) is 9.97 Å². The van der Waals surface area contributed by atoms with Crippen LogP contribution in [0.15, 0.2) is 70.5 Å². The number of hydrogen-bond donors (Lipinski definition) is 2. The van der Waals surface area contributed by atoms with Crippen LogP contribution in [0.2, 0.25) is 0 Å². The van der Waals surface area contributed by atoms with Crippen molar-refractivity contribution < 1.29 is 0 Å². The summed E-state index contributed by atoms with van der Waals surface area (Å²) in [5.74, 6) is 0. The lowest BCUT2D eigenvalue weighted by Crippen LogP contribution is -1.95. The first-order valence-electron chi connectivity index (χ1n) is 8.86. The molecule has 0 amide bonds. The number of para-hydroxylation sites is 2. The van der Waals surface area contributed by atoms with Gasteiger partial charge in [-0.2, -0.15) is 0 Å². The predicted octanol–water partition coefficient (Wildman–Crippen LogP) is 5.93. The molecular formula is C22H20N2S2. The number of pyridine rings is 2. The van der Waals surface area contributed by atoms with Crippen LogP contribution in [0, 0.1) is 0 Å². The van der Waals surface area contributed by atoms with E-state index in [-0.39, 0.29) is 0 Å². The molecule has 26 heavy (non-hydrogen) atoms. The Labute approximate surface area is 164 Å². The van der Waals surface area contributed by atoms with Gasteiger partial charge in [-0.25, -0.2) is 0 Å². The minimum absolute atomic E-state index is 0.937. The number of aryl methyl sites for hydroxylation is 2. The lowest BCUT2D eigenvalue weighted by molar-refractivity contribution is 0.715. The second-order valence-corrected chi connectivity index (χ2v) is 7.47. The van der Waals surface area contributed by atoms with Gasteiger partial charge in [-0.3, -0.25) is 9.97 Å². The van der Waals surface area contributed by atoms with Crippen LogP contribution in [-0.2, 0) is 12.8 Å². The van der Waals surface area contributed by atoms with E-state index in [2.05, 4.69) is 61.7 Å². The quantitative estimate of drug-likeness (QED) is 0.334. The van der Waals surface area contributed by atoms with Crippen molar-refractivity contribution in [2.75, 3.05) is 0 Å². The highest BCUT2D eigenvalue weighted by atomic mass is 32.1. The molecule has 0 aliphatic heterocycles. The smallest absolute Gasteiger partial charge is 0.0838 e. The summed E-state index contributed by atoms with van der Waals surface area (Å²) in [5.41, 5.74) is 4.24. The molecule has 4 aromatic rings. The van der Waals surface area contributed by atoms with Crippen LogP contribution < -0.4 is 0 Å². The Morgan fingerprint density at radius 3 is 1.50 bits per heavy atom. The normalized spacial score (nSPS) is 11.3. The van der Waals surface area contributed by atoms with Crippen LogP contribution in [0.3, 0.4) is 0 Å². The second kappa shape index (κ2) is 7.68. The molecule has 0 radical (unpaired) electrons. The Morgan fingerprint density at radius 1 is 0.577 bits per heavy atom. The van der Waals surface area contributed by atoms with Crippen molar-refractivity contribution in [2.24, 2.45) is 0 Å². The molecular weight excluding hydrogens is 356 g/mol. The first kappa shape index (κ1) is 17.4. The van der Waals surface area contributed by atoms with Gasteiger partial charge in [0.25, 0.3) is 0 Å². The van der Waals surface area contributed by atoms with E-state index in [9.17, 15) is 0 Å². The highest BCUT2D eigenvalue weighted by Crippen LogP contribution is 2.22. The molecule has 0 aliphatic carbocycles. The number of hydrogen-bond acceptors (Lipinski definition) is 4. The molecule has 0 fully saturated rings. The molecule has 0 N–H and O–H groups in total. The monoisotopic (exact) mass is 376 g/mol. The van der Waals surface area contributed by atoms with Gasteiger partial charge >= 0.3 is 0 Å². The van der Waals surface area contributed by atoms with E-state index in [0.717, 1.165) is 68.7 Å². The standard InChI is InChI=1S/C22H20N2S2/c25-19-9-3-5-15-11-13-17(23-21(15)19)7-1-2-8-18-14-12-16-6-4-10-20(26)22(16)24-18/h3-6,9-14,25-26H,1-2,7-8H2. The molecule has 4 rings (SSSR count). The Hall–Kier alpha value is -2.04. The Bertz CT molecular complexity index is 989. The van der Waals surface area contributed by atoms with Crippen molar-refractivity contribution >= 4 is 47.1 Å². The Balaban J connectivity index is 1.39. The summed E-state index contributed by atoms with van der Waals surface area (Å²) in [7, 11) is 0. The molecule has 2 heterocycles. The zero-order chi connectivity index (χ0) is 17.9. The van der Waals surface area contributed by atoms with Crippen molar-refractivity contribution in [3.8, 4) is 0 Å². The summed E-state index contributed by atoms with van der Waals surface area (Å²) in [6.45, 7) is 0. The van der Waals surface area contributed by atoms with E-state index < -0.39 is 0 Å². The number of benzene rings is 2. The molecule has 2 aromatic carbocycles. The molecule has 2 aromatic heterocycles. The second-order valence-electron chi connectivity index (χ2n) is 6.51. The summed E-state index contributed by atoms with van der Waals surface area (Å²) < 4.78 is 0. The molecule has 0 unspecified atom stereocenters. The van der Waals surface area contributed by atoms with Crippen LogP contribution in [0.5, 0.6) is 0 Å². The third kappa shape index (κ3) is 3.71. The van der Waals surface area contributed by atoms with Crippen LogP contribution >= 0.6 is 25.3 Å². The third-order valence-corrected chi connectivity index (χ3v) is 5.35. The van der Waals surface area contributed by atoms with E-state index in [0.29, 0.717) is 0 Å². The fourth-order valence-corrected chi connectivity index (χ4v) is 3.76. The first-order valence-corrected chi connectivity index (χ1v) is 9.75. The molecule has 2 nitrogen and oxygen atoms in total. The van der Waals surface area contributed by atoms with Crippen molar-refractivity contribution in [3.63, 3.8) is 0 Å². The van der Waals surface area contributed by atoms with Crippen LogP contribution in [0.4, 0.5) is 0 Å². The number of nitrogens with zero attached hydrogens (tertiary/aromatic N) is 2. The first-order chi connectivity index (χ1) is 12.7. The van der Waals surface area contributed by atoms with Gasteiger partial charge in [0.2, 0.25) is 0 Å². The van der Waals surface area contributed by atoms with E-state index in [1.807, 2.05) is 24.3 Å². The van der Waals surface area contributed by atoms with Gasteiger partial charge in [-0.15, -0.1) is 25.3 Å². The molecule has 0 spiro atoms. The number of thiol groups is 2. The van der Waals surface area contributed by atoms with Crippen molar-refractivity contribution in [1.82, 2.24) is 9.97 Å². The van der Waals surface area contributed by atoms with Gasteiger partial charge in [-0.1, -0.05) is 36.4 Å². The molecule has 0 atom stereocenters. The maximum absolute atomic E-state index is 4.77. The maximum atomic E-state index is 4.77. The lowest BCUT2D eigenvalue weighted by atomic mass is 10.1. The maximum Gasteiger partial charge on any atom is 0.0838 e. The van der Waals surface area contributed by atoms with Crippen LogP contribution in [0.1, 0.15) is 24.2 Å². The van der Waals surface area contributed by atoms with Gasteiger partial charge in [0, 0.05) is 32.0 Å². The summed E-state index contributed by atoms with van der Waals surface area (Å²) in [6, 6.07) is 20.7. The molecule has 0 saturated heterocycles. The summed E-state index contributed by atoms with van der Waals surface area (Å²) >= 11 is 9.03. The van der Waals surface area contributed by atoms with Gasteiger partial charge in [0.15, 0.2) is 0 Å². The van der Waals surface area contributed by atoms with E-state index in [1.54, 1.807) is 0 Å². The lowest BCUT2D eigenvalue weighted by Gasteiger charge is -2.06. The van der Waals surface area contributed by atoms with Gasteiger partial charge in [-0.05, 0) is 49.9 Å². The Morgan fingerprint density at radius 2 is 1.04 bits per heavy atom. The third-order valence-electron chi connectivity index (χ3n) is 4.63. The molecule has 0 saturated carbocycles. The topological polar surface area (TPSA) is 25.8 Å². The fraction of sp³-hybridized carbons (Fsp3) is 0.182. The Kier molecular flexibility index (Phi) is 5.14. The summed E-state index contributed by atoms with van der Waals surface area (Å²) in [5, 5.41) is 2.29.